The van der Waals surface area contributed by atoms with Gasteiger partial charge >= 0.3 is 5.97 Å². The fraction of sp³-hybridized carbons (Fsp3) is 0.125. The van der Waals surface area contributed by atoms with E-state index in [4.69, 9.17) is 5.11 Å². The number of aliphatic carboxylic acids is 1. The Bertz CT molecular complexity index is 703. The lowest BCUT2D eigenvalue weighted by atomic mass is 10.2. The van der Waals surface area contributed by atoms with Crippen LogP contribution < -0.4 is 4.90 Å². The van der Waals surface area contributed by atoms with Gasteiger partial charge in [0.1, 0.15) is 0 Å². The fourth-order valence-electron chi connectivity index (χ4n) is 1.83. The molecule has 0 saturated carbocycles. The van der Waals surface area contributed by atoms with E-state index in [-0.39, 0.29) is 5.91 Å². The highest BCUT2D eigenvalue weighted by atomic mass is 32.1. The van der Waals surface area contributed by atoms with Gasteiger partial charge in [0, 0.05) is 23.7 Å². The van der Waals surface area contributed by atoms with E-state index in [1.165, 1.54) is 17.4 Å². The smallest absolute Gasteiger partial charge is 0.328 e. The summed E-state index contributed by atoms with van der Waals surface area (Å²) in [5.41, 5.74) is 1.92. The van der Waals surface area contributed by atoms with Crippen molar-refractivity contribution in [3.63, 3.8) is 0 Å². The van der Waals surface area contributed by atoms with Crippen molar-refractivity contribution in [2.45, 2.75) is 6.92 Å². The normalized spacial score (nSPS) is 10.8. The first kappa shape index (κ1) is 15.0. The van der Waals surface area contributed by atoms with Crippen molar-refractivity contribution in [1.29, 1.82) is 0 Å². The molecule has 1 heterocycles. The number of hydrogen-bond acceptors (Lipinski definition) is 3. The number of thiophene rings is 1. The minimum atomic E-state index is -1.01. The van der Waals surface area contributed by atoms with E-state index in [0.717, 1.165) is 22.2 Å². The Morgan fingerprint density at radius 3 is 2.67 bits per heavy atom. The Kier molecular flexibility index (Phi) is 4.55. The summed E-state index contributed by atoms with van der Waals surface area (Å²) >= 11 is 1.27. The molecule has 1 aromatic heterocycles. The van der Waals surface area contributed by atoms with Crippen molar-refractivity contribution < 1.29 is 14.7 Å². The summed E-state index contributed by atoms with van der Waals surface area (Å²) in [6, 6.07) is 11.1. The Hall–Kier alpha value is -2.40. The van der Waals surface area contributed by atoms with Crippen LogP contribution in [0.2, 0.25) is 0 Å². The van der Waals surface area contributed by atoms with E-state index < -0.39 is 5.97 Å². The molecule has 0 saturated heterocycles. The van der Waals surface area contributed by atoms with Crippen molar-refractivity contribution in [1.82, 2.24) is 0 Å². The van der Waals surface area contributed by atoms with E-state index in [1.54, 1.807) is 24.1 Å². The molecule has 1 aromatic carbocycles. The number of carbonyl (C=O) groups is 2. The molecule has 2 rings (SSSR count). The number of benzene rings is 1. The fourth-order valence-corrected chi connectivity index (χ4v) is 2.72. The maximum absolute atomic E-state index is 12.4. The lowest BCUT2D eigenvalue weighted by Gasteiger charge is -2.16. The van der Waals surface area contributed by atoms with Crippen LogP contribution in [0, 0.1) is 6.92 Å². The summed E-state index contributed by atoms with van der Waals surface area (Å²) in [4.78, 5) is 25.8. The van der Waals surface area contributed by atoms with Gasteiger partial charge in [-0.3, -0.25) is 4.79 Å². The van der Waals surface area contributed by atoms with E-state index in [9.17, 15) is 9.59 Å². The molecule has 0 bridgehead atoms. The van der Waals surface area contributed by atoms with Gasteiger partial charge in [-0.1, -0.05) is 12.1 Å². The molecule has 0 aliphatic carbocycles. The largest absolute Gasteiger partial charge is 0.478 e. The third kappa shape index (κ3) is 3.79. The monoisotopic (exact) mass is 301 g/mol. The molecule has 0 fully saturated rings. The number of nitrogens with zero attached hydrogens (tertiary/aromatic N) is 1. The lowest BCUT2D eigenvalue weighted by Crippen LogP contribution is -2.25. The van der Waals surface area contributed by atoms with E-state index in [1.807, 2.05) is 31.2 Å². The molecule has 0 atom stereocenters. The van der Waals surface area contributed by atoms with Crippen molar-refractivity contribution in [3.05, 3.63) is 57.8 Å². The maximum Gasteiger partial charge on any atom is 0.328 e. The molecule has 4 nitrogen and oxygen atoms in total. The topological polar surface area (TPSA) is 57.6 Å². The summed E-state index contributed by atoms with van der Waals surface area (Å²) in [7, 11) is 1.73. The second kappa shape index (κ2) is 6.37. The number of carboxylic acid groups (broad SMARTS) is 1. The number of carbonyl (C=O) groups excluding carboxylic acids is 1. The van der Waals surface area contributed by atoms with Gasteiger partial charge in [0.05, 0.1) is 4.88 Å². The van der Waals surface area contributed by atoms with Crippen LogP contribution in [0.3, 0.4) is 0 Å². The molecular weight excluding hydrogens is 286 g/mol. The molecule has 0 aliphatic rings. The molecule has 1 amide bonds. The third-order valence-electron chi connectivity index (χ3n) is 2.92. The number of carboxylic acids is 1. The van der Waals surface area contributed by atoms with Crippen molar-refractivity contribution in [3.8, 4) is 0 Å². The van der Waals surface area contributed by atoms with Crippen LogP contribution in [-0.2, 0) is 4.79 Å². The van der Waals surface area contributed by atoms with Gasteiger partial charge in [-0.05, 0) is 42.8 Å². The first-order chi connectivity index (χ1) is 9.97. The van der Waals surface area contributed by atoms with Crippen LogP contribution in [0.4, 0.5) is 5.69 Å². The first-order valence-electron chi connectivity index (χ1n) is 6.33. The van der Waals surface area contributed by atoms with E-state index >= 15 is 0 Å². The van der Waals surface area contributed by atoms with Crippen LogP contribution in [0.15, 0.2) is 42.5 Å². The average molecular weight is 301 g/mol. The van der Waals surface area contributed by atoms with Gasteiger partial charge in [0.25, 0.3) is 5.91 Å². The molecule has 0 unspecified atom stereocenters. The average Bonchev–Trinajstić information content (AvgIpc) is 2.92. The Labute approximate surface area is 127 Å². The first-order valence-corrected chi connectivity index (χ1v) is 7.14. The van der Waals surface area contributed by atoms with Gasteiger partial charge in [0.15, 0.2) is 0 Å². The Morgan fingerprint density at radius 2 is 2.00 bits per heavy atom. The molecule has 5 heteroatoms. The predicted octanol–water partition coefficient (Wildman–Crippen LogP) is 3.43. The van der Waals surface area contributed by atoms with Crippen LogP contribution in [-0.4, -0.2) is 24.0 Å². The number of hydrogen-bond donors (Lipinski definition) is 1. The minimum absolute atomic E-state index is 0.111. The van der Waals surface area contributed by atoms with Crippen molar-refractivity contribution in [2.75, 3.05) is 11.9 Å². The van der Waals surface area contributed by atoms with Crippen LogP contribution in [0.1, 0.15) is 20.1 Å². The van der Waals surface area contributed by atoms with Crippen LogP contribution in [0.25, 0.3) is 6.08 Å². The second-order valence-corrected chi connectivity index (χ2v) is 5.69. The quantitative estimate of drug-likeness (QED) is 0.880. The van der Waals surface area contributed by atoms with Crippen LogP contribution in [0.5, 0.6) is 0 Å². The van der Waals surface area contributed by atoms with Crippen molar-refractivity contribution in [2.24, 2.45) is 0 Å². The van der Waals surface area contributed by atoms with Gasteiger partial charge < -0.3 is 10.0 Å². The third-order valence-corrected chi connectivity index (χ3v) is 3.96. The highest BCUT2D eigenvalue weighted by molar-refractivity contribution is 7.15. The summed E-state index contributed by atoms with van der Waals surface area (Å²) in [5, 5.41) is 8.60. The van der Waals surface area contributed by atoms with Crippen molar-refractivity contribution >= 4 is 35.0 Å². The highest BCUT2D eigenvalue weighted by Crippen LogP contribution is 2.22. The second-order valence-electron chi connectivity index (χ2n) is 4.58. The zero-order chi connectivity index (χ0) is 15.4. The molecule has 21 heavy (non-hydrogen) atoms. The molecular formula is C16H15NO3S. The number of anilines is 1. The number of rotatable bonds is 4. The molecule has 0 spiro atoms. The summed E-state index contributed by atoms with van der Waals surface area (Å²) in [6.07, 6.45) is 2.54. The lowest BCUT2D eigenvalue weighted by molar-refractivity contribution is -0.131. The molecule has 2 aromatic rings. The zero-order valence-electron chi connectivity index (χ0n) is 11.7. The van der Waals surface area contributed by atoms with Gasteiger partial charge in [0.2, 0.25) is 0 Å². The maximum atomic E-state index is 12.4. The van der Waals surface area contributed by atoms with Gasteiger partial charge in [-0.15, -0.1) is 11.3 Å². The minimum Gasteiger partial charge on any atom is -0.478 e. The summed E-state index contributed by atoms with van der Waals surface area (Å²) in [5.74, 6) is -1.12. The summed E-state index contributed by atoms with van der Waals surface area (Å²) < 4.78 is 0. The Morgan fingerprint density at radius 1 is 1.24 bits per heavy atom. The number of aryl methyl sites for hydroxylation is 1. The van der Waals surface area contributed by atoms with Crippen LogP contribution >= 0.6 is 11.3 Å². The van der Waals surface area contributed by atoms with E-state index in [0.29, 0.717) is 4.88 Å². The number of amides is 1. The standard InChI is InChI=1S/C16H15NO3S/c1-11-4-3-5-12(10-11)17(2)16(20)14-8-6-13(21-14)7-9-15(18)19/h3-10H,1-2H3,(H,18,19). The Balaban J connectivity index is 2.18. The molecule has 0 radical (unpaired) electrons. The molecule has 1 N–H and O–H groups in total. The highest BCUT2D eigenvalue weighted by Gasteiger charge is 2.15. The molecule has 0 aliphatic heterocycles. The van der Waals surface area contributed by atoms with Gasteiger partial charge in [-0.2, -0.15) is 0 Å². The molecule has 108 valence electrons. The SMILES string of the molecule is Cc1cccc(N(C)C(=O)c2ccc(C=CC(=O)O)s2)c1. The van der Waals surface area contributed by atoms with E-state index in [2.05, 4.69) is 0 Å². The summed E-state index contributed by atoms with van der Waals surface area (Å²) in [6.45, 7) is 1.97. The van der Waals surface area contributed by atoms with Gasteiger partial charge in [-0.25, -0.2) is 4.79 Å². The predicted molar refractivity (Wildman–Crippen MR) is 84.9 cm³/mol. The zero-order valence-corrected chi connectivity index (χ0v) is 12.6.